The third kappa shape index (κ3) is 3.76. The average Bonchev–Trinajstić information content (AvgIpc) is 2.38. The Morgan fingerprint density at radius 3 is 2.40 bits per heavy atom. The monoisotopic (exact) mass is 280 g/mol. The van der Waals surface area contributed by atoms with Crippen LogP contribution in [0.15, 0.2) is 0 Å². The molecule has 1 N–H and O–H groups in total. The van der Waals surface area contributed by atoms with Gasteiger partial charge in [0.1, 0.15) is 0 Å². The van der Waals surface area contributed by atoms with E-state index in [1.165, 1.54) is 58.2 Å². The van der Waals surface area contributed by atoms with Crippen molar-refractivity contribution >= 4 is 0 Å². The molecule has 0 aromatic heterocycles. The second-order valence-corrected chi connectivity index (χ2v) is 8.55. The van der Waals surface area contributed by atoms with E-state index in [0.717, 1.165) is 5.92 Å². The van der Waals surface area contributed by atoms with Crippen molar-refractivity contribution in [3.8, 4) is 0 Å². The molecule has 118 valence electrons. The molecule has 2 atom stereocenters. The highest BCUT2D eigenvalue weighted by atomic mass is 15.3. The molecular weight excluding hydrogens is 244 g/mol. The van der Waals surface area contributed by atoms with Crippen LogP contribution in [-0.2, 0) is 0 Å². The molecule has 0 bridgehead atoms. The molecule has 1 spiro atoms. The van der Waals surface area contributed by atoms with Crippen LogP contribution in [0, 0.1) is 11.3 Å². The van der Waals surface area contributed by atoms with Gasteiger partial charge < -0.3 is 5.32 Å². The fraction of sp³-hybridized carbons (Fsp3) is 1.00. The number of piperazine rings is 1. The highest BCUT2D eigenvalue weighted by Crippen LogP contribution is 2.36. The summed E-state index contributed by atoms with van der Waals surface area (Å²) < 4.78 is 0. The second kappa shape index (κ2) is 6.36. The van der Waals surface area contributed by atoms with Gasteiger partial charge in [-0.3, -0.25) is 4.90 Å². The summed E-state index contributed by atoms with van der Waals surface area (Å²) in [5, 5.41) is 3.97. The summed E-state index contributed by atoms with van der Waals surface area (Å²) in [6, 6.07) is 0.684. The standard InChI is InChI=1S/C18H36N2/c1-6-15(2)13-20-14-18(10-8-7-9-11-18)19-12-16(20)17(3,4)5/h15-16,19H,6-14H2,1-5H3. The van der Waals surface area contributed by atoms with Crippen molar-refractivity contribution in [3.05, 3.63) is 0 Å². The molecule has 0 aromatic rings. The Morgan fingerprint density at radius 2 is 1.85 bits per heavy atom. The smallest absolute Gasteiger partial charge is 0.0309 e. The lowest BCUT2D eigenvalue weighted by Gasteiger charge is -2.53. The maximum Gasteiger partial charge on any atom is 0.0309 e. The van der Waals surface area contributed by atoms with Crippen molar-refractivity contribution in [1.82, 2.24) is 10.2 Å². The number of rotatable bonds is 3. The largest absolute Gasteiger partial charge is 0.308 e. The molecule has 2 unspecified atom stereocenters. The Hall–Kier alpha value is -0.0800. The van der Waals surface area contributed by atoms with Gasteiger partial charge in [0, 0.05) is 31.2 Å². The van der Waals surface area contributed by atoms with Crippen LogP contribution in [0.4, 0.5) is 0 Å². The number of hydrogen-bond donors (Lipinski definition) is 1. The first-order valence-electron chi connectivity index (χ1n) is 8.85. The molecule has 2 nitrogen and oxygen atoms in total. The Labute approximate surface area is 126 Å². The van der Waals surface area contributed by atoms with Crippen molar-refractivity contribution in [2.45, 2.75) is 84.7 Å². The van der Waals surface area contributed by atoms with Crippen molar-refractivity contribution in [2.24, 2.45) is 11.3 Å². The van der Waals surface area contributed by atoms with E-state index in [2.05, 4.69) is 44.8 Å². The molecule has 1 aliphatic heterocycles. The molecule has 2 fully saturated rings. The third-order valence-corrected chi connectivity index (χ3v) is 5.67. The van der Waals surface area contributed by atoms with Gasteiger partial charge in [-0.15, -0.1) is 0 Å². The molecule has 1 heterocycles. The number of hydrogen-bond acceptors (Lipinski definition) is 2. The lowest BCUT2D eigenvalue weighted by Crippen LogP contribution is -2.67. The second-order valence-electron chi connectivity index (χ2n) is 8.55. The molecule has 1 saturated heterocycles. The molecule has 0 aromatic carbocycles. The molecule has 2 rings (SSSR count). The van der Waals surface area contributed by atoms with Gasteiger partial charge in [0.2, 0.25) is 0 Å². The number of nitrogens with zero attached hydrogens (tertiary/aromatic N) is 1. The summed E-state index contributed by atoms with van der Waals surface area (Å²) in [6.07, 6.45) is 8.36. The van der Waals surface area contributed by atoms with Crippen LogP contribution in [0.2, 0.25) is 0 Å². The Morgan fingerprint density at radius 1 is 1.20 bits per heavy atom. The normalized spacial score (nSPS) is 29.6. The minimum absolute atomic E-state index is 0.372. The fourth-order valence-corrected chi connectivity index (χ4v) is 4.14. The molecule has 0 radical (unpaired) electrons. The zero-order valence-corrected chi connectivity index (χ0v) is 14.5. The van der Waals surface area contributed by atoms with Crippen molar-refractivity contribution in [2.75, 3.05) is 19.6 Å². The summed E-state index contributed by atoms with van der Waals surface area (Å²) in [5.74, 6) is 0.818. The van der Waals surface area contributed by atoms with E-state index in [1.54, 1.807) is 0 Å². The lowest BCUT2D eigenvalue weighted by molar-refractivity contribution is 0.000292. The zero-order chi connectivity index (χ0) is 14.8. The van der Waals surface area contributed by atoms with Gasteiger partial charge in [-0.25, -0.2) is 0 Å². The maximum absolute atomic E-state index is 3.97. The molecular formula is C18H36N2. The first kappa shape index (κ1) is 16.3. The Kier molecular flexibility index (Phi) is 5.18. The highest BCUT2D eigenvalue weighted by molar-refractivity contribution is 5.02. The highest BCUT2D eigenvalue weighted by Gasteiger charge is 2.43. The summed E-state index contributed by atoms with van der Waals surface area (Å²) in [6.45, 7) is 15.7. The van der Waals surface area contributed by atoms with Crippen molar-refractivity contribution in [1.29, 1.82) is 0 Å². The lowest BCUT2D eigenvalue weighted by atomic mass is 9.75. The zero-order valence-electron chi connectivity index (χ0n) is 14.5. The van der Waals surface area contributed by atoms with E-state index in [9.17, 15) is 0 Å². The van der Waals surface area contributed by atoms with Crippen LogP contribution < -0.4 is 5.32 Å². The van der Waals surface area contributed by atoms with E-state index >= 15 is 0 Å². The maximum atomic E-state index is 3.97. The first-order valence-corrected chi connectivity index (χ1v) is 8.85. The number of nitrogens with one attached hydrogen (secondary N) is 1. The van der Waals surface area contributed by atoms with E-state index in [1.807, 2.05) is 0 Å². The molecule has 1 saturated carbocycles. The first-order chi connectivity index (χ1) is 9.36. The molecule has 0 amide bonds. The molecule has 2 heteroatoms. The van der Waals surface area contributed by atoms with Gasteiger partial charge in [0.15, 0.2) is 0 Å². The van der Waals surface area contributed by atoms with Crippen LogP contribution in [0.25, 0.3) is 0 Å². The van der Waals surface area contributed by atoms with E-state index in [4.69, 9.17) is 0 Å². The third-order valence-electron chi connectivity index (χ3n) is 5.67. The van der Waals surface area contributed by atoms with Gasteiger partial charge in [0.05, 0.1) is 0 Å². The van der Waals surface area contributed by atoms with E-state index < -0.39 is 0 Å². The molecule has 1 aliphatic carbocycles. The summed E-state index contributed by atoms with van der Waals surface area (Å²) in [7, 11) is 0. The van der Waals surface area contributed by atoms with Crippen LogP contribution in [-0.4, -0.2) is 36.1 Å². The summed E-state index contributed by atoms with van der Waals surface area (Å²) >= 11 is 0. The van der Waals surface area contributed by atoms with E-state index in [0.29, 0.717) is 17.0 Å². The Balaban J connectivity index is 2.09. The minimum atomic E-state index is 0.372. The summed E-state index contributed by atoms with van der Waals surface area (Å²) in [5.41, 5.74) is 0.810. The van der Waals surface area contributed by atoms with Gasteiger partial charge in [-0.1, -0.05) is 60.3 Å². The molecule has 20 heavy (non-hydrogen) atoms. The molecule has 2 aliphatic rings. The van der Waals surface area contributed by atoms with Crippen LogP contribution in [0.5, 0.6) is 0 Å². The van der Waals surface area contributed by atoms with Gasteiger partial charge in [-0.05, 0) is 24.2 Å². The van der Waals surface area contributed by atoms with Crippen LogP contribution in [0.1, 0.15) is 73.1 Å². The summed E-state index contributed by atoms with van der Waals surface area (Å²) in [4.78, 5) is 2.83. The Bertz CT molecular complexity index is 299. The fourth-order valence-electron chi connectivity index (χ4n) is 4.14. The van der Waals surface area contributed by atoms with Crippen molar-refractivity contribution < 1.29 is 0 Å². The predicted molar refractivity (Wildman–Crippen MR) is 88.1 cm³/mol. The van der Waals surface area contributed by atoms with Gasteiger partial charge in [0.25, 0.3) is 0 Å². The van der Waals surface area contributed by atoms with Crippen LogP contribution in [0.3, 0.4) is 0 Å². The van der Waals surface area contributed by atoms with Crippen molar-refractivity contribution in [3.63, 3.8) is 0 Å². The predicted octanol–water partition coefficient (Wildman–Crippen LogP) is 4.06. The quantitative estimate of drug-likeness (QED) is 0.839. The minimum Gasteiger partial charge on any atom is -0.308 e. The SMILES string of the molecule is CCC(C)CN1CC2(CCCCC2)NCC1C(C)(C)C. The van der Waals surface area contributed by atoms with Gasteiger partial charge in [-0.2, -0.15) is 0 Å². The van der Waals surface area contributed by atoms with Gasteiger partial charge >= 0.3 is 0 Å². The average molecular weight is 280 g/mol. The van der Waals surface area contributed by atoms with Crippen LogP contribution >= 0.6 is 0 Å². The topological polar surface area (TPSA) is 15.3 Å². The van der Waals surface area contributed by atoms with E-state index in [-0.39, 0.29) is 0 Å².